The number of nitrogens with two attached hydrogens (primary N) is 1. The number of ether oxygens (including phenoxy) is 1. The number of aromatic nitrogens is 2. The molecule has 3 N–H and O–H groups in total. The molecule has 1 aromatic carbocycles. The average Bonchev–Trinajstić information content (AvgIpc) is 2.50. The van der Waals surface area contributed by atoms with Crippen molar-refractivity contribution >= 4 is 23.6 Å². The molecule has 2 rings (SSSR count). The number of nitrogen functional groups attached to an aromatic ring is 1. The molecule has 0 aliphatic heterocycles. The first-order valence-corrected chi connectivity index (χ1v) is 7.69. The fourth-order valence-corrected chi connectivity index (χ4v) is 2.56. The van der Waals surface area contributed by atoms with Crippen molar-refractivity contribution in [2.24, 2.45) is 0 Å². The van der Waals surface area contributed by atoms with Crippen molar-refractivity contribution < 1.29 is 9.53 Å². The van der Waals surface area contributed by atoms with Crippen molar-refractivity contribution in [2.75, 3.05) is 18.6 Å². The van der Waals surface area contributed by atoms with Gasteiger partial charge in [-0.1, -0.05) is 23.9 Å². The molecule has 2 aromatic rings. The van der Waals surface area contributed by atoms with Gasteiger partial charge in [0, 0.05) is 12.2 Å². The van der Waals surface area contributed by atoms with E-state index in [0.717, 1.165) is 17.0 Å². The molecule has 0 bridgehead atoms. The van der Waals surface area contributed by atoms with E-state index in [-0.39, 0.29) is 17.6 Å². The SMILES string of the molecule is COc1ccc(CNC(=O)CSc2cc(C)nc(N)n2)cc1. The summed E-state index contributed by atoms with van der Waals surface area (Å²) in [6, 6.07) is 9.37. The number of benzene rings is 1. The lowest BCUT2D eigenvalue weighted by molar-refractivity contribution is -0.118. The third kappa shape index (κ3) is 4.92. The highest BCUT2D eigenvalue weighted by atomic mass is 32.2. The summed E-state index contributed by atoms with van der Waals surface area (Å²) in [4.78, 5) is 19.9. The van der Waals surface area contributed by atoms with Crippen LogP contribution in [0.1, 0.15) is 11.3 Å². The lowest BCUT2D eigenvalue weighted by Crippen LogP contribution is -2.24. The minimum absolute atomic E-state index is 0.0596. The lowest BCUT2D eigenvalue weighted by atomic mass is 10.2. The van der Waals surface area contributed by atoms with E-state index in [1.54, 1.807) is 13.2 Å². The molecule has 0 aliphatic carbocycles. The van der Waals surface area contributed by atoms with E-state index in [9.17, 15) is 4.79 Å². The van der Waals surface area contributed by atoms with Crippen molar-refractivity contribution in [1.29, 1.82) is 0 Å². The smallest absolute Gasteiger partial charge is 0.230 e. The molecule has 0 unspecified atom stereocenters. The predicted molar refractivity (Wildman–Crippen MR) is 86.7 cm³/mol. The number of methoxy groups -OCH3 is 1. The summed E-state index contributed by atoms with van der Waals surface area (Å²) >= 11 is 1.33. The van der Waals surface area contributed by atoms with Crippen molar-refractivity contribution in [1.82, 2.24) is 15.3 Å². The average molecular weight is 318 g/mol. The number of amides is 1. The molecule has 0 atom stereocenters. The van der Waals surface area contributed by atoms with Crippen LogP contribution in [0.25, 0.3) is 0 Å². The van der Waals surface area contributed by atoms with Crippen molar-refractivity contribution in [3.63, 3.8) is 0 Å². The number of carbonyl (C=O) groups excluding carboxylic acids is 1. The van der Waals surface area contributed by atoms with E-state index in [1.807, 2.05) is 31.2 Å². The topological polar surface area (TPSA) is 90.1 Å². The third-order valence-corrected chi connectivity index (χ3v) is 3.76. The molecule has 22 heavy (non-hydrogen) atoms. The van der Waals surface area contributed by atoms with Gasteiger partial charge in [-0.2, -0.15) is 0 Å². The molecule has 6 nitrogen and oxygen atoms in total. The van der Waals surface area contributed by atoms with Gasteiger partial charge in [-0.05, 0) is 30.7 Å². The van der Waals surface area contributed by atoms with Crippen molar-refractivity contribution in [2.45, 2.75) is 18.5 Å². The Morgan fingerprint density at radius 3 is 2.68 bits per heavy atom. The summed E-state index contributed by atoms with van der Waals surface area (Å²) in [6.45, 7) is 2.32. The molecule has 1 aromatic heterocycles. The molecule has 0 spiro atoms. The second kappa shape index (κ2) is 7.65. The molecular formula is C15H18N4O2S. The van der Waals surface area contributed by atoms with Crippen LogP contribution in [0, 0.1) is 6.92 Å². The van der Waals surface area contributed by atoms with Crippen LogP contribution in [0.15, 0.2) is 35.4 Å². The van der Waals surface area contributed by atoms with Crippen LogP contribution in [0.4, 0.5) is 5.95 Å². The van der Waals surface area contributed by atoms with Gasteiger partial charge in [-0.25, -0.2) is 9.97 Å². The molecule has 0 saturated carbocycles. The molecule has 1 heterocycles. The first-order chi connectivity index (χ1) is 10.6. The van der Waals surface area contributed by atoms with E-state index in [0.29, 0.717) is 11.6 Å². The van der Waals surface area contributed by atoms with Crippen LogP contribution in [-0.4, -0.2) is 28.7 Å². The van der Waals surface area contributed by atoms with E-state index >= 15 is 0 Å². The molecule has 7 heteroatoms. The van der Waals surface area contributed by atoms with Gasteiger partial charge >= 0.3 is 0 Å². The quantitative estimate of drug-likeness (QED) is 0.623. The van der Waals surface area contributed by atoms with Gasteiger partial charge in [-0.15, -0.1) is 0 Å². The largest absolute Gasteiger partial charge is 0.497 e. The maximum atomic E-state index is 11.9. The van der Waals surface area contributed by atoms with Gasteiger partial charge < -0.3 is 15.8 Å². The summed E-state index contributed by atoms with van der Waals surface area (Å²) in [7, 11) is 1.62. The molecule has 0 radical (unpaired) electrons. The summed E-state index contributed by atoms with van der Waals surface area (Å²) in [6.07, 6.45) is 0. The van der Waals surface area contributed by atoms with Crippen molar-refractivity contribution in [3.05, 3.63) is 41.6 Å². The molecular weight excluding hydrogens is 300 g/mol. The number of rotatable bonds is 6. The Kier molecular flexibility index (Phi) is 5.60. The van der Waals surface area contributed by atoms with Crippen LogP contribution in [0.3, 0.4) is 0 Å². The summed E-state index contributed by atoms with van der Waals surface area (Å²) in [5.41, 5.74) is 7.38. The lowest BCUT2D eigenvalue weighted by Gasteiger charge is -2.06. The highest BCUT2D eigenvalue weighted by Crippen LogP contribution is 2.16. The highest BCUT2D eigenvalue weighted by molar-refractivity contribution is 7.99. The Morgan fingerprint density at radius 2 is 2.05 bits per heavy atom. The second-order valence-electron chi connectivity index (χ2n) is 4.62. The normalized spacial score (nSPS) is 10.3. The van der Waals surface area contributed by atoms with E-state index in [4.69, 9.17) is 10.5 Å². The van der Waals surface area contributed by atoms with Gasteiger partial charge in [0.05, 0.1) is 12.9 Å². The zero-order chi connectivity index (χ0) is 15.9. The third-order valence-electron chi connectivity index (χ3n) is 2.85. The van der Waals surface area contributed by atoms with Crippen LogP contribution in [-0.2, 0) is 11.3 Å². The number of hydrogen-bond donors (Lipinski definition) is 2. The van der Waals surface area contributed by atoms with E-state index in [2.05, 4.69) is 15.3 Å². The molecule has 0 fully saturated rings. The second-order valence-corrected chi connectivity index (χ2v) is 5.61. The van der Waals surface area contributed by atoms with Crippen molar-refractivity contribution in [3.8, 4) is 5.75 Å². The Hall–Kier alpha value is -2.28. The van der Waals surface area contributed by atoms with Crippen LogP contribution >= 0.6 is 11.8 Å². The summed E-state index contributed by atoms with van der Waals surface area (Å²) in [5, 5.41) is 3.56. The fraction of sp³-hybridized carbons (Fsp3) is 0.267. The Labute approximate surface area is 133 Å². The monoisotopic (exact) mass is 318 g/mol. The Morgan fingerprint density at radius 1 is 1.32 bits per heavy atom. The number of anilines is 1. The van der Waals surface area contributed by atoms with Crippen LogP contribution in [0.2, 0.25) is 0 Å². The number of hydrogen-bond acceptors (Lipinski definition) is 6. The molecule has 0 aliphatic rings. The van der Waals surface area contributed by atoms with Gasteiger partial charge in [0.25, 0.3) is 0 Å². The van der Waals surface area contributed by atoms with Crippen LogP contribution in [0.5, 0.6) is 5.75 Å². The molecule has 116 valence electrons. The number of aryl methyl sites for hydroxylation is 1. The summed E-state index contributed by atoms with van der Waals surface area (Å²) in [5.74, 6) is 1.24. The Bertz CT molecular complexity index is 626. The number of carbonyl (C=O) groups is 1. The number of thioether (sulfide) groups is 1. The minimum Gasteiger partial charge on any atom is -0.497 e. The van der Waals surface area contributed by atoms with Gasteiger partial charge in [0.1, 0.15) is 10.8 Å². The standard InChI is InChI=1S/C15H18N4O2S/c1-10-7-14(19-15(16)18-10)22-9-13(20)17-8-11-3-5-12(21-2)6-4-11/h3-7H,8-9H2,1-2H3,(H,17,20)(H2,16,18,19). The highest BCUT2D eigenvalue weighted by Gasteiger charge is 2.06. The number of nitrogens with one attached hydrogen (secondary N) is 1. The first kappa shape index (κ1) is 16.1. The maximum Gasteiger partial charge on any atom is 0.230 e. The van der Waals surface area contributed by atoms with Gasteiger partial charge in [-0.3, -0.25) is 4.79 Å². The number of nitrogens with zero attached hydrogens (tertiary/aromatic N) is 2. The predicted octanol–water partition coefficient (Wildman–Crippen LogP) is 1.78. The fourth-order valence-electron chi connectivity index (χ4n) is 1.77. The maximum absolute atomic E-state index is 11.9. The molecule has 0 saturated heterocycles. The first-order valence-electron chi connectivity index (χ1n) is 6.70. The van der Waals surface area contributed by atoms with Crippen LogP contribution < -0.4 is 15.8 Å². The Balaban J connectivity index is 1.80. The zero-order valence-corrected chi connectivity index (χ0v) is 13.3. The van der Waals surface area contributed by atoms with Gasteiger partial charge in [0.15, 0.2) is 0 Å². The molecule has 1 amide bonds. The summed E-state index contributed by atoms with van der Waals surface area (Å²) < 4.78 is 5.09. The minimum atomic E-state index is -0.0596. The zero-order valence-electron chi connectivity index (χ0n) is 12.5. The van der Waals surface area contributed by atoms with E-state index in [1.165, 1.54) is 11.8 Å². The van der Waals surface area contributed by atoms with Gasteiger partial charge in [0.2, 0.25) is 11.9 Å². The van der Waals surface area contributed by atoms with E-state index < -0.39 is 0 Å².